The van der Waals surface area contributed by atoms with E-state index in [-0.39, 0.29) is 11.6 Å². The van der Waals surface area contributed by atoms with Crippen LogP contribution in [0.15, 0.2) is 36.4 Å². The van der Waals surface area contributed by atoms with E-state index in [0.717, 1.165) is 15.3 Å². The number of nitrogens with zero attached hydrogens (tertiary/aromatic N) is 1. The fourth-order valence-electron chi connectivity index (χ4n) is 2.06. The Hall–Kier alpha value is -2.14. The van der Waals surface area contributed by atoms with Crippen molar-refractivity contribution in [2.45, 2.75) is 13.8 Å². The highest BCUT2D eigenvalue weighted by atomic mass is 32.1. The van der Waals surface area contributed by atoms with Crippen molar-refractivity contribution in [3.8, 4) is 5.75 Å². The highest BCUT2D eigenvalue weighted by Crippen LogP contribution is 2.30. The summed E-state index contributed by atoms with van der Waals surface area (Å²) >= 11 is 1.55. The van der Waals surface area contributed by atoms with Crippen LogP contribution in [0.1, 0.15) is 12.5 Å². The Morgan fingerprint density at radius 3 is 2.86 bits per heavy atom. The van der Waals surface area contributed by atoms with E-state index >= 15 is 0 Å². The largest absolute Gasteiger partial charge is 0.491 e. The Morgan fingerprint density at radius 1 is 1.24 bits per heavy atom. The zero-order valence-corrected chi connectivity index (χ0v) is 12.6. The minimum Gasteiger partial charge on any atom is -0.491 e. The van der Waals surface area contributed by atoms with E-state index in [9.17, 15) is 4.39 Å². The van der Waals surface area contributed by atoms with Gasteiger partial charge in [-0.15, -0.1) is 0 Å². The van der Waals surface area contributed by atoms with Gasteiger partial charge >= 0.3 is 0 Å². The molecule has 108 valence electrons. The van der Waals surface area contributed by atoms with Gasteiger partial charge in [-0.1, -0.05) is 17.4 Å². The number of nitrogens with one attached hydrogen (secondary N) is 1. The van der Waals surface area contributed by atoms with Crippen LogP contribution in [0.25, 0.3) is 10.2 Å². The maximum absolute atomic E-state index is 13.8. The normalized spacial score (nSPS) is 10.8. The van der Waals surface area contributed by atoms with Gasteiger partial charge in [-0.2, -0.15) is 0 Å². The molecule has 0 saturated carbocycles. The molecule has 0 aliphatic heterocycles. The Kier molecular flexibility index (Phi) is 3.75. The van der Waals surface area contributed by atoms with Crippen molar-refractivity contribution in [1.29, 1.82) is 0 Å². The maximum atomic E-state index is 13.8. The van der Waals surface area contributed by atoms with E-state index in [0.29, 0.717) is 12.3 Å². The first kappa shape index (κ1) is 13.8. The lowest BCUT2D eigenvalue weighted by Crippen LogP contribution is -1.96. The predicted molar refractivity (Wildman–Crippen MR) is 85.2 cm³/mol. The molecular weight excluding hydrogens is 287 g/mol. The standard InChI is InChI=1S/C16H15FN2OS/c1-3-20-14-7-5-11(9-12(14)17)18-16-19-13-6-4-10(2)8-15(13)21-16/h4-9H,3H2,1-2H3,(H,18,19). The zero-order valence-electron chi connectivity index (χ0n) is 11.8. The molecule has 2 aromatic carbocycles. The van der Waals surface area contributed by atoms with Crippen LogP contribution in [0.4, 0.5) is 15.2 Å². The van der Waals surface area contributed by atoms with Gasteiger partial charge in [-0.3, -0.25) is 0 Å². The molecule has 0 atom stereocenters. The van der Waals surface area contributed by atoms with E-state index < -0.39 is 0 Å². The number of aryl methyl sites for hydroxylation is 1. The van der Waals surface area contributed by atoms with Crippen LogP contribution in [-0.2, 0) is 0 Å². The molecule has 5 heteroatoms. The topological polar surface area (TPSA) is 34.1 Å². The number of thiazole rings is 1. The zero-order chi connectivity index (χ0) is 14.8. The molecule has 1 heterocycles. The van der Waals surface area contributed by atoms with Crippen molar-refractivity contribution in [2.75, 3.05) is 11.9 Å². The molecule has 0 bridgehead atoms. The second kappa shape index (κ2) is 5.69. The lowest BCUT2D eigenvalue weighted by atomic mass is 10.2. The van der Waals surface area contributed by atoms with Crippen molar-refractivity contribution in [3.63, 3.8) is 0 Å². The number of fused-ring (bicyclic) bond motifs is 1. The van der Waals surface area contributed by atoms with Gasteiger partial charge in [0, 0.05) is 11.8 Å². The molecule has 1 N–H and O–H groups in total. The SMILES string of the molecule is CCOc1ccc(Nc2nc3ccc(C)cc3s2)cc1F. The number of hydrogen-bond donors (Lipinski definition) is 1. The number of aromatic nitrogens is 1. The van der Waals surface area contributed by atoms with Gasteiger partial charge in [0.2, 0.25) is 0 Å². The number of halogens is 1. The molecule has 0 saturated heterocycles. The van der Waals surface area contributed by atoms with Gasteiger partial charge < -0.3 is 10.1 Å². The van der Waals surface area contributed by atoms with Crippen molar-refractivity contribution in [3.05, 3.63) is 47.8 Å². The van der Waals surface area contributed by atoms with Gasteiger partial charge in [0.25, 0.3) is 0 Å². The molecule has 0 aliphatic carbocycles. The molecule has 21 heavy (non-hydrogen) atoms. The monoisotopic (exact) mass is 302 g/mol. The summed E-state index contributed by atoms with van der Waals surface area (Å²) in [6.07, 6.45) is 0. The third kappa shape index (κ3) is 2.97. The van der Waals surface area contributed by atoms with Crippen LogP contribution in [-0.4, -0.2) is 11.6 Å². The summed E-state index contributed by atoms with van der Waals surface area (Å²) in [6.45, 7) is 4.32. The minimum absolute atomic E-state index is 0.267. The number of ether oxygens (including phenoxy) is 1. The molecular formula is C16H15FN2OS. The Balaban J connectivity index is 1.86. The lowest BCUT2D eigenvalue weighted by molar-refractivity contribution is 0.321. The molecule has 0 unspecified atom stereocenters. The summed E-state index contributed by atoms with van der Waals surface area (Å²) < 4.78 is 20.1. The molecule has 1 aromatic heterocycles. The number of benzene rings is 2. The Morgan fingerprint density at radius 2 is 2.10 bits per heavy atom. The average molecular weight is 302 g/mol. The Labute approximate surface area is 126 Å². The van der Waals surface area contributed by atoms with Gasteiger partial charge in [0.15, 0.2) is 16.7 Å². The van der Waals surface area contributed by atoms with Crippen LogP contribution in [0.5, 0.6) is 5.75 Å². The van der Waals surface area contributed by atoms with Crippen molar-refractivity contribution < 1.29 is 9.13 Å². The molecule has 3 aromatic rings. The lowest BCUT2D eigenvalue weighted by Gasteiger charge is -2.07. The second-order valence-corrected chi connectivity index (χ2v) is 5.72. The summed E-state index contributed by atoms with van der Waals surface area (Å²) in [5.74, 6) is -0.109. The first-order valence-electron chi connectivity index (χ1n) is 6.72. The first-order valence-corrected chi connectivity index (χ1v) is 7.54. The molecule has 3 rings (SSSR count). The van der Waals surface area contributed by atoms with E-state index in [1.165, 1.54) is 11.6 Å². The minimum atomic E-state index is -0.376. The van der Waals surface area contributed by atoms with Crippen molar-refractivity contribution in [2.24, 2.45) is 0 Å². The van der Waals surface area contributed by atoms with Crippen LogP contribution in [0.3, 0.4) is 0 Å². The third-order valence-electron chi connectivity index (χ3n) is 3.03. The predicted octanol–water partition coefficient (Wildman–Crippen LogP) is 4.89. The summed E-state index contributed by atoms with van der Waals surface area (Å²) in [6, 6.07) is 10.9. The fraction of sp³-hybridized carbons (Fsp3) is 0.188. The van der Waals surface area contributed by atoms with Gasteiger partial charge in [0.05, 0.1) is 16.8 Å². The molecule has 0 spiro atoms. The molecule has 0 amide bonds. The van der Waals surface area contributed by atoms with E-state index in [1.54, 1.807) is 23.5 Å². The second-order valence-electron chi connectivity index (χ2n) is 4.69. The quantitative estimate of drug-likeness (QED) is 0.745. The van der Waals surface area contributed by atoms with Crippen LogP contribution in [0, 0.1) is 12.7 Å². The molecule has 3 nitrogen and oxygen atoms in total. The van der Waals surface area contributed by atoms with Crippen LogP contribution >= 0.6 is 11.3 Å². The smallest absolute Gasteiger partial charge is 0.188 e. The van der Waals surface area contributed by atoms with Gasteiger partial charge in [-0.25, -0.2) is 9.37 Å². The summed E-state index contributed by atoms with van der Waals surface area (Å²) in [5, 5.41) is 3.88. The number of hydrogen-bond acceptors (Lipinski definition) is 4. The van der Waals surface area contributed by atoms with E-state index in [4.69, 9.17) is 4.74 Å². The highest BCUT2D eigenvalue weighted by molar-refractivity contribution is 7.22. The summed E-state index contributed by atoms with van der Waals surface area (Å²) in [7, 11) is 0. The summed E-state index contributed by atoms with van der Waals surface area (Å²) in [4.78, 5) is 4.49. The van der Waals surface area contributed by atoms with Crippen molar-refractivity contribution >= 4 is 32.4 Å². The third-order valence-corrected chi connectivity index (χ3v) is 3.96. The molecule has 0 aliphatic rings. The van der Waals surface area contributed by atoms with Crippen molar-refractivity contribution in [1.82, 2.24) is 4.98 Å². The molecule has 0 radical (unpaired) electrons. The average Bonchev–Trinajstić information content (AvgIpc) is 2.83. The number of anilines is 2. The first-order chi connectivity index (χ1) is 10.2. The van der Waals surface area contributed by atoms with Crippen LogP contribution < -0.4 is 10.1 Å². The van der Waals surface area contributed by atoms with E-state index in [1.807, 2.05) is 26.0 Å². The van der Waals surface area contributed by atoms with Crippen LogP contribution in [0.2, 0.25) is 0 Å². The van der Waals surface area contributed by atoms with E-state index in [2.05, 4.69) is 16.4 Å². The van der Waals surface area contributed by atoms with Gasteiger partial charge in [0.1, 0.15) is 0 Å². The maximum Gasteiger partial charge on any atom is 0.188 e. The number of rotatable bonds is 4. The fourth-order valence-corrected chi connectivity index (χ4v) is 3.04. The molecule has 0 fully saturated rings. The Bertz CT molecular complexity index is 785. The highest BCUT2D eigenvalue weighted by Gasteiger charge is 2.07. The van der Waals surface area contributed by atoms with Gasteiger partial charge in [-0.05, 0) is 43.7 Å². The summed E-state index contributed by atoms with van der Waals surface area (Å²) in [5.41, 5.74) is 2.80.